The Balaban J connectivity index is 1.81. The van der Waals surface area contributed by atoms with Crippen molar-refractivity contribution in [1.82, 2.24) is 10.3 Å². The van der Waals surface area contributed by atoms with E-state index >= 15 is 0 Å². The predicted molar refractivity (Wildman–Crippen MR) is 74.0 cm³/mol. The zero-order chi connectivity index (χ0) is 13.1. The SMILES string of the molecule is CCNCCc1ncc(-c2cc3ccccc3o2)o1. The number of nitrogens with one attached hydrogen (secondary N) is 1. The first-order valence-corrected chi connectivity index (χ1v) is 6.51. The molecular weight excluding hydrogens is 240 g/mol. The standard InChI is InChI=1S/C15H16N2O2/c1-2-16-8-7-15-17-10-14(19-15)13-9-11-5-3-4-6-12(11)18-13/h3-6,9-10,16H,2,7-8H2,1H3. The van der Waals surface area contributed by atoms with Crippen LogP contribution in [0, 0.1) is 0 Å². The fraction of sp³-hybridized carbons (Fsp3) is 0.267. The monoisotopic (exact) mass is 256 g/mol. The Bertz CT molecular complexity index is 636. The molecule has 4 heteroatoms. The number of hydrogen-bond acceptors (Lipinski definition) is 4. The fourth-order valence-electron chi connectivity index (χ4n) is 2.02. The van der Waals surface area contributed by atoms with Crippen LogP contribution >= 0.6 is 0 Å². The number of rotatable bonds is 5. The van der Waals surface area contributed by atoms with Crippen LogP contribution < -0.4 is 5.32 Å². The van der Waals surface area contributed by atoms with Gasteiger partial charge in [-0.05, 0) is 18.7 Å². The van der Waals surface area contributed by atoms with E-state index in [0.29, 0.717) is 5.76 Å². The summed E-state index contributed by atoms with van der Waals surface area (Å²) in [6, 6.07) is 9.89. The number of furan rings is 1. The van der Waals surface area contributed by atoms with E-state index in [-0.39, 0.29) is 0 Å². The van der Waals surface area contributed by atoms with Gasteiger partial charge in [-0.3, -0.25) is 0 Å². The molecule has 0 unspecified atom stereocenters. The van der Waals surface area contributed by atoms with Crippen LogP contribution in [0.4, 0.5) is 0 Å². The number of aromatic nitrogens is 1. The van der Waals surface area contributed by atoms with Crippen LogP contribution in [0.3, 0.4) is 0 Å². The van der Waals surface area contributed by atoms with Gasteiger partial charge in [0.05, 0.1) is 6.20 Å². The molecule has 1 N–H and O–H groups in total. The molecule has 0 radical (unpaired) electrons. The molecular formula is C15H16N2O2. The Hall–Kier alpha value is -2.07. The quantitative estimate of drug-likeness (QED) is 0.712. The van der Waals surface area contributed by atoms with Crippen molar-refractivity contribution in [1.29, 1.82) is 0 Å². The molecule has 0 aliphatic heterocycles. The lowest BCUT2D eigenvalue weighted by molar-refractivity contribution is 0.482. The van der Waals surface area contributed by atoms with Crippen LogP contribution in [0.2, 0.25) is 0 Å². The molecule has 0 aliphatic rings. The van der Waals surface area contributed by atoms with E-state index in [9.17, 15) is 0 Å². The van der Waals surface area contributed by atoms with Gasteiger partial charge in [0.1, 0.15) is 5.58 Å². The van der Waals surface area contributed by atoms with Gasteiger partial charge in [0.2, 0.25) is 0 Å². The number of hydrogen-bond donors (Lipinski definition) is 1. The number of para-hydroxylation sites is 1. The van der Waals surface area contributed by atoms with Crippen LogP contribution in [0.25, 0.3) is 22.5 Å². The van der Waals surface area contributed by atoms with Gasteiger partial charge in [-0.2, -0.15) is 0 Å². The number of likely N-dealkylation sites (N-methyl/N-ethyl adjacent to an activating group) is 1. The molecule has 0 bridgehead atoms. The summed E-state index contributed by atoms with van der Waals surface area (Å²) in [7, 11) is 0. The summed E-state index contributed by atoms with van der Waals surface area (Å²) in [5.41, 5.74) is 0.864. The van der Waals surface area contributed by atoms with Crippen molar-refractivity contribution < 1.29 is 8.83 Å². The van der Waals surface area contributed by atoms with Crippen molar-refractivity contribution in [2.75, 3.05) is 13.1 Å². The van der Waals surface area contributed by atoms with Crippen molar-refractivity contribution in [2.24, 2.45) is 0 Å². The van der Waals surface area contributed by atoms with Crippen molar-refractivity contribution >= 4 is 11.0 Å². The Morgan fingerprint density at radius 1 is 1.16 bits per heavy atom. The van der Waals surface area contributed by atoms with Crippen LogP contribution in [-0.2, 0) is 6.42 Å². The molecule has 0 amide bonds. The number of benzene rings is 1. The maximum atomic E-state index is 5.74. The molecule has 0 atom stereocenters. The molecule has 3 rings (SSSR count). The second-order valence-corrected chi connectivity index (χ2v) is 4.37. The average molecular weight is 256 g/mol. The van der Waals surface area contributed by atoms with E-state index in [0.717, 1.165) is 42.1 Å². The van der Waals surface area contributed by atoms with Gasteiger partial charge < -0.3 is 14.2 Å². The van der Waals surface area contributed by atoms with E-state index in [4.69, 9.17) is 8.83 Å². The van der Waals surface area contributed by atoms with Gasteiger partial charge in [-0.25, -0.2) is 4.98 Å². The molecule has 0 saturated heterocycles. The van der Waals surface area contributed by atoms with Gasteiger partial charge in [-0.1, -0.05) is 25.1 Å². The van der Waals surface area contributed by atoms with Crippen LogP contribution in [0.1, 0.15) is 12.8 Å². The van der Waals surface area contributed by atoms with Crippen molar-refractivity contribution in [2.45, 2.75) is 13.3 Å². The minimum Gasteiger partial charge on any atom is -0.453 e. The molecule has 2 aromatic heterocycles. The Kier molecular flexibility index (Phi) is 3.33. The second kappa shape index (κ2) is 5.28. The zero-order valence-electron chi connectivity index (χ0n) is 10.8. The Morgan fingerprint density at radius 3 is 2.89 bits per heavy atom. The van der Waals surface area contributed by atoms with Gasteiger partial charge in [-0.15, -0.1) is 0 Å². The highest BCUT2D eigenvalue weighted by atomic mass is 16.4. The van der Waals surface area contributed by atoms with Crippen molar-refractivity contribution in [3.63, 3.8) is 0 Å². The molecule has 0 aliphatic carbocycles. The molecule has 98 valence electrons. The van der Waals surface area contributed by atoms with E-state index in [1.807, 2.05) is 30.3 Å². The predicted octanol–water partition coefficient (Wildman–Crippen LogP) is 3.24. The van der Waals surface area contributed by atoms with E-state index < -0.39 is 0 Å². The number of oxazole rings is 1. The first-order chi connectivity index (χ1) is 9.36. The smallest absolute Gasteiger partial charge is 0.196 e. The normalized spacial score (nSPS) is 11.2. The van der Waals surface area contributed by atoms with E-state index in [2.05, 4.69) is 17.2 Å². The van der Waals surface area contributed by atoms with E-state index in [1.54, 1.807) is 6.20 Å². The first kappa shape index (κ1) is 12.0. The third kappa shape index (κ3) is 2.53. The third-order valence-electron chi connectivity index (χ3n) is 2.99. The highest BCUT2D eigenvalue weighted by molar-refractivity contribution is 5.81. The van der Waals surface area contributed by atoms with Crippen LogP contribution in [0.5, 0.6) is 0 Å². The Labute approximate surface area is 111 Å². The summed E-state index contributed by atoms with van der Waals surface area (Å²) in [5.74, 6) is 2.14. The lowest BCUT2D eigenvalue weighted by Crippen LogP contribution is -2.16. The largest absolute Gasteiger partial charge is 0.453 e. The highest BCUT2D eigenvalue weighted by Gasteiger charge is 2.11. The van der Waals surface area contributed by atoms with Gasteiger partial charge in [0, 0.05) is 18.4 Å². The summed E-state index contributed by atoms with van der Waals surface area (Å²) in [6.07, 6.45) is 2.51. The van der Waals surface area contributed by atoms with E-state index in [1.165, 1.54) is 0 Å². The van der Waals surface area contributed by atoms with Gasteiger partial charge in [0.25, 0.3) is 0 Å². The lowest BCUT2D eigenvalue weighted by Gasteiger charge is -1.96. The van der Waals surface area contributed by atoms with Crippen LogP contribution in [-0.4, -0.2) is 18.1 Å². The molecule has 0 saturated carbocycles. The molecule has 0 fully saturated rings. The minimum atomic E-state index is 0.683. The molecule has 4 nitrogen and oxygen atoms in total. The zero-order valence-corrected chi connectivity index (χ0v) is 10.8. The second-order valence-electron chi connectivity index (χ2n) is 4.37. The third-order valence-corrected chi connectivity index (χ3v) is 2.99. The molecule has 2 heterocycles. The summed E-state index contributed by atoms with van der Waals surface area (Å²) < 4.78 is 11.4. The molecule has 0 spiro atoms. The minimum absolute atomic E-state index is 0.683. The number of nitrogens with zero attached hydrogens (tertiary/aromatic N) is 1. The highest BCUT2D eigenvalue weighted by Crippen LogP contribution is 2.28. The fourth-order valence-corrected chi connectivity index (χ4v) is 2.02. The lowest BCUT2D eigenvalue weighted by atomic mass is 10.2. The molecule has 1 aromatic carbocycles. The average Bonchev–Trinajstić information content (AvgIpc) is 3.04. The van der Waals surface area contributed by atoms with Gasteiger partial charge >= 0.3 is 0 Å². The molecule has 3 aromatic rings. The summed E-state index contributed by atoms with van der Waals surface area (Å²) >= 11 is 0. The molecule has 19 heavy (non-hydrogen) atoms. The van der Waals surface area contributed by atoms with Crippen molar-refractivity contribution in [3.05, 3.63) is 42.4 Å². The van der Waals surface area contributed by atoms with Crippen molar-refractivity contribution in [3.8, 4) is 11.5 Å². The topological polar surface area (TPSA) is 51.2 Å². The van der Waals surface area contributed by atoms with Gasteiger partial charge in [0.15, 0.2) is 17.4 Å². The summed E-state index contributed by atoms with van der Waals surface area (Å²) in [4.78, 5) is 4.27. The Morgan fingerprint density at radius 2 is 2.05 bits per heavy atom. The maximum absolute atomic E-state index is 5.74. The van der Waals surface area contributed by atoms with Crippen LogP contribution in [0.15, 0.2) is 45.4 Å². The summed E-state index contributed by atoms with van der Waals surface area (Å²) in [5, 5.41) is 4.32. The summed E-state index contributed by atoms with van der Waals surface area (Å²) in [6.45, 7) is 3.91. The number of fused-ring (bicyclic) bond motifs is 1. The maximum Gasteiger partial charge on any atom is 0.196 e. The first-order valence-electron chi connectivity index (χ1n) is 6.51.